The molecule has 1 atom stereocenters. The molecule has 0 aliphatic heterocycles. The van der Waals surface area contributed by atoms with Crippen molar-refractivity contribution in [2.24, 2.45) is 5.92 Å². The summed E-state index contributed by atoms with van der Waals surface area (Å²) < 4.78 is 6.02. The molecule has 0 saturated carbocycles. The number of nitrogens with one attached hydrogen (secondary N) is 1. The van der Waals surface area contributed by atoms with Crippen molar-refractivity contribution >= 4 is 11.8 Å². The van der Waals surface area contributed by atoms with Gasteiger partial charge in [0.05, 0.1) is 0 Å². The molecule has 0 aromatic heterocycles. The Hall–Kier alpha value is -2.82. The number of carbonyl (C=O) groups is 2. The maximum Gasteiger partial charge on any atom is 0.261 e. The Balaban J connectivity index is 2.26. The molecule has 0 spiro atoms. The maximum atomic E-state index is 13.4. The van der Waals surface area contributed by atoms with Gasteiger partial charge in [0.15, 0.2) is 6.61 Å². The number of hydrogen-bond donors (Lipinski definition) is 1. The molecule has 0 aliphatic rings. The zero-order chi connectivity index (χ0) is 24.6. The van der Waals surface area contributed by atoms with Gasteiger partial charge in [0.1, 0.15) is 11.8 Å². The van der Waals surface area contributed by atoms with Crippen LogP contribution in [0.4, 0.5) is 0 Å². The number of carbonyl (C=O) groups excluding carboxylic acids is 2. The zero-order valence-electron chi connectivity index (χ0n) is 21.3. The number of para-hydroxylation sites is 1. The van der Waals surface area contributed by atoms with Crippen LogP contribution in [0.1, 0.15) is 64.7 Å². The van der Waals surface area contributed by atoms with E-state index in [1.807, 2.05) is 56.3 Å². The lowest BCUT2D eigenvalue weighted by Crippen LogP contribution is -2.50. The van der Waals surface area contributed by atoms with Crippen LogP contribution < -0.4 is 10.1 Å². The molecule has 0 aliphatic carbocycles. The molecule has 0 bridgehead atoms. The van der Waals surface area contributed by atoms with Crippen molar-refractivity contribution < 1.29 is 14.3 Å². The second-order valence-electron chi connectivity index (χ2n) is 10.1. The fourth-order valence-electron chi connectivity index (χ4n) is 3.78. The quantitative estimate of drug-likeness (QED) is 0.536. The lowest BCUT2D eigenvalue weighted by atomic mass is 9.86. The average molecular weight is 453 g/mol. The first-order chi connectivity index (χ1) is 15.5. The first kappa shape index (κ1) is 26.4. The molecule has 33 heavy (non-hydrogen) atoms. The molecular weight excluding hydrogens is 412 g/mol. The van der Waals surface area contributed by atoms with Gasteiger partial charge >= 0.3 is 0 Å². The minimum atomic E-state index is -0.557. The van der Waals surface area contributed by atoms with E-state index in [-0.39, 0.29) is 23.8 Å². The van der Waals surface area contributed by atoms with Gasteiger partial charge in [-0.15, -0.1) is 0 Å². The summed E-state index contributed by atoms with van der Waals surface area (Å²) in [4.78, 5) is 28.1. The first-order valence-corrected chi connectivity index (χ1v) is 11.9. The van der Waals surface area contributed by atoms with Crippen molar-refractivity contribution in [3.8, 4) is 5.75 Å². The van der Waals surface area contributed by atoms with Crippen molar-refractivity contribution in [1.82, 2.24) is 10.2 Å². The van der Waals surface area contributed by atoms with Crippen molar-refractivity contribution in [2.45, 2.75) is 72.9 Å². The van der Waals surface area contributed by atoms with Crippen LogP contribution in [0.15, 0.2) is 48.5 Å². The number of amides is 2. The van der Waals surface area contributed by atoms with Gasteiger partial charge in [-0.25, -0.2) is 0 Å². The van der Waals surface area contributed by atoms with Gasteiger partial charge in [-0.05, 0) is 41.9 Å². The highest BCUT2D eigenvalue weighted by Crippen LogP contribution is 2.31. The van der Waals surface area contributed by atoms with Crippen molar-refractivity contribution in [2.75, 3.05) is 13.2 Å². The molecular formula is C28H40N2O3. The zero-order valence-corrected chi connectivity index (χ0v) is 21.3. The number of hydrogen-bond acceptors (Lipinski definition) is 3. The van der Waals surface area contributed by atoms with E-state index in [4.69, 9.17) is 4.74 Å². The van der Waals surface area contributed by atoms with Crippen LogP contribution in [-0.4, -0.2) is 35.9 Å². The molecule has 5 nitrogen and oxygen atoms in total. The lowest BCUT2D eigenvalue weighted by Gasteiger charge is -2.31. The second-order valence-corrected chi connectivity index (χ2v) is 10.1. The Labute approximate surface area is 199 Å². The minimum absolute atomic E-state index is 0.108. The smallest absolute Gasteiger partial charge is 0.261 e. The van der Waals surface area contributed by atoms with E-state index in [9.17, 15) is 9.59 Å². The van der Waals surface area contributed by atoms with Gasteiger partial charge in [-0.1, -0.05) is 89.6 Å². The third kappa shape index (κ3) is 7.92. The Morgan fingerprint density at radius 3 is 2.36 bits per heavy atom. The number of nitrogens with zero attached hydrogens (tertiary/aromatic N) is 1. The summed E-state index contributed by atoms with van der Waals surface area (Å²) in [5.41, 5.74) is 3.05. The van der Waals surface area contributed by atoms with Crippen LogP contribution in [0, 0.1) is 12.8 Å². The van der Waals surface area contributed by atoms with Gasteiger partial charge in [-0.2, -0.15) is 0 Å². The van der Waals surface area contributed by atoms with Gasteiger partial charge < -0.3 is 15.0 Å². The molecule has 1 N–H and O–H groups in total. The topological polar surface area (TPSA) is 58.6 Å². The highest BCUT2D eigenvalue weighted by molar-refractivity contribution is 5.88. The molecule has 2 aromatic carbocycles. The largest absolute Gasteiger partial charge is 0.483 e. The molecule has 0 radical (unpaired) electrons. The van der Waals surface area contributed by atoms with Crippen LogP contribution in [0.5, 0.6) is 5.75 Å². The predicted octanol–water partition coefficient (Wildman–Crippen LogP) is 5.25. The summed E-state index contributed by atoms with van der Waals surface area (Å²) in [6.45, 7) is 15.2. The van der Waals surface area contributed by atoms with Crippen molar-refractivity contribution in [3.63, 3.8) is 0 Å². The predicted molar refractivity (Wildman–Crippen MR) is 134 cm³/mol. The number of rotatable bonds is 10. The van der Waals surface area contributed by atoms with Gasteiger partial charge in [0.2, 0.25) is 5.91 Å². The van der Waals surface area contributed by atoms with E-state index in [1.165, 1.54) is 0 Å². The SMILES string of the molecule is CCC(C(=O)NCC(C)C)N(Cc1cccc(C)c1)C(=O)COc1ccccc1C(C)(C)C. The molecule has 2 rings (SSSR count). The van der Waals surface area contributed by atoms with Crippen LogP contribution in [-0.2, 0) is 21.5 Å². The average Bonchev–Trinajstić information content (AvgIpc) is 2.75. The summed E-state index contributed by atoms with van der Waals surface area (Å²) in [7, 11) is 0. The summed E-state index contributed by atoms with van der Waals surface area (Å²) in [5, 5.41) is 2.99. The van der Waals surface area contributed by atoms with Crippen LogP contribution in [0.2, 0.25) is 0 Å². The monoisotopic (exact) mass is 452 g/mol. The Morgan fingerprint density at radius 2 is 1.76 bits per heavy atom. The fraction of sp³-hybridized carbons (Fsp3) is 0.500. The van der Waals surface area contributed by atoms with E-state index in [0.717, 1.165) is 16.7 Å². The van der Waals surface area contributed by atoms with Crippen molar-refractivity contribution in [1.29, 1.82) is 0 Å². The third-order valence-corrected chi connectivity index (χ3v) is 5.55. The molecule has 0 heterocycles. The highest BCUT2D eigenvalue weighted by Gasteiger charge is 2.29. The summed E-state index contributed by atoms with van der Waals surface area (Å²) in [5.74, 6) is 0.713. The Morgan fingerprint density at radius 1 is 1.06 bits per heavy atom. The fourth-order valence-corrected chi connectivity index (χ4v) is 3.78. The standard InChI is InChI=1S/C28H40N2O3/c1-8-24(27(32)29-17-20(2)3)30(18-22-13-11-12-21(4)16-22)26(31)19-33-25-15-10-9-14-23(25)28(5,6)7/h9-16,20,24H,8,17-19H2,1-7H3,(H,29,32). The van der Waals surface area contributed by atoms with Gasteiger partial charge in [0.25, 0.3) is 5.91 Å². The molecule has 2 aromatic rings. The summed E-state index contributed by atoms with van der Waals surface area (Å²) in [6, 6.07) is 15.3. The second kappa shape index (κ2) is 11.9. The normalized spacial score (nSPS) is 12.4. The van der Waals surface area contributed by atoms with Crippen LogP contribution >= 0.6 is 0 Å². The van der Waals surface area contributed by atoms with Gasteiger partial charge in [-0.3, -0.25) is 9.59 Å². The maximum absolute atomic E-state index is 13.4. The highest BCUT2D eigenvalue weighted by atomic mass is 16.5. The first-order valence-electron chi connectivity index (χ1n) is 11.9. The lowest BCUT2D eigenvalue weighted by molar-refractivity contribution is -0.143. The molecule has 0 saturated heterocycles. The van der Waals surface area contributed by atoms with Crippen molar-refractivity contribution in [3.05, 3.63) is 65.2 Å². The number of aryl methyl sites for hydroxylation is 1. The Kier molecular flexibility index (Phi) is 9.51. The van der Waals surface area contributed by atoms with E-state index in [2.05, 4.69) is 46.0 Å². The Bertz CT molecular complexity index is 931. The molecule has 180 valence electrons. The van der Waals surface area contributed by atoms with E-state index < -0.39 is 6.04 Å². The van der Waals surface area contributed by atoms with E-state index >= 15 is 0 Å². The van der Waals surface area contributed by atoms with Crippen LogP contribution in [0.3, 0.4) is 0 Å². The third-order valence-electron chi connectivity index (χ3n) is 5.55. The van der Waals surface area contributed by atoms with E-state index in [0.29, 0.717) is 31.2 Å². The molecule has 0 fully saturated rings. The minimum Gasteiger partial charge on any atom is -0.483 e. The molecule has 5 heteroatoms. The van der Waals surface area contributed by atoms with Crippen LogP contribution in [0.25, 0.3) is 0 Å². The molecule has 1 unspecified atom stereocenters. The van der Waals surface area contributed by atoms with E-state index in [1.54, 1.807) is 4.90 Å². The number of benzene rings is 2. The molecule has 2 amide bonds. The number of ether oxygens (including phenoxy) is 1. The van der Waals surface area contributed by atoms with Gasteiger partial charge in [0, 0.05) is 13.1 Å². The summed E-state index contributed by atoms with van der Waals surface area (Å²) >= 11 is 0. The summed E-state index contributed by atoms with van der Waals surface area (Å²) in [6.07, 6.45) is 0.528.